The molecule has 4 nitrogen and oxygen atoms in total. The fourth-order valence-electron chi connectivity index (χ4n) is 0.556. The van der Waals surface area contributed by atoms with Gasteiger partial charge in [0.15, 0.2) is 9.84 Å². The van der Waals surface area contributed by atoms with E-state index in [0.29, 0.717) is 0 Å². The van der Waals surface area contributed by atoms with Crippen molar-refractivity contribution in [1.82, 2.24) is 5.32 Å². The molecule has 0 aromatic carbocycles. The van der Waals surface area contributed by atoms with Gasteiger partial charge in [-0.2, -0.15) is 0 Å². The molecule has 1 amide bonds. The van der Waals surface area contributed by atoms with E-state index in [9.17, 15) is 13.2 Å². The van der Waals surface area contributed by atoms with Crippen molar-refractivity contribution in [1.29, 1.82) is 0 Å². The molecule has 1 N–H and O–H groups in total. The van der Waals surface area contributed by atoms with Gasteiger partial charge < -0.3 is 5.32 Å². The van der Waals surface area contributed by atoms with Gasteiger partial charge in [0.1, 0.15) is 0 Å². The van der Waals surface area contributed by atoms with Gasteiger partial charge in [-0.25, -0.2) is 8.42 Å². The number of amides is 1. The second-order valence-corrected chi connectivity index (χ2v) is 4.87. The number of rotatable bonds is 5. The highest BCUT2D eigenvalue weighted by Crippen LogP contribution is 1.95. The molecule has 0 fully saturated rings. The molecule has 12 heavy (non-hydrogen) atoms. The minimum absolute atomic E-state index is 0.0529. The Balaban J connectivity index is 3.84. The van der Waals surface area contributed by atoms with Crippen LogP contribution in [0.2, 0.25) is 0 Å². The summed E-state index contributed by atoms with van der Waals surface area (Å²) in [7, 11) is -0.0455. The molecule has 0 aromatic rings. The molecule has 0 aliphatic carbocycles. The molecule has 0 atom stereocenters. The molecule has 0 rings (SSSR count). The summed E-state index contributed by atoms with van der Waals surface area (Å²) in [4.78, 5) is 10.6. The van der Waals surface area contributed by atoms with Crippen LogP contribution >= 0.6 is 11.6 Å². The van der Waals surface area contributed by atoms with E-state index in [-0.39, 0.29) is 29.7 Å². The predicted octanol–water partition coefficient (Wildman–Crippen LogP) is -0.0621. The van der Waals surface area contributed by atoms with Gasteiger partial charge in [-0.1, -0.05) is 0 Å². The van der Waals surface area contributed by atoms with E-state index in [4.69, 9.17) is 11.6 Å². The number of carbonyl (C=O) groups excluding carboxylic acids is 1. The second kappa shape index (κ2) is 5.37. The van der Waals surface area contributed by atoms with E-state index in [1.54, 1.807) is 0 Å². The Kier molecular flexibility index (Phi) is 5.24. The van der Waals surface area contributed by atoms with E-state index < -0.39 is 9.84 Å². The van der Waals surface area contributed by atoms with Crippen LogP contribution in [0.5, 0.6) is 0 Å². The third kappa shape index (κ3) is 5.37. The average molecular weight is 213 g/mol. The Morgan fingerprint density at radius 3 is 2.42 bits per heavy atom. The lowest BCUT2D eigenvalue weighted by molar-refractivity contribution is -0.119. The molecule has 0 bridgehead atoms. The highest BCUT2D eigenvalue weighted by atomic mass is 35.5. The van der Waals surface area contributed by atoms with Crippen LogP contribution in [0.15, 0.2) is 0 Å². The molecule has 0 aliphatic rings. The summed E-state index contributed by atoms with van der Waals surface area (Å²) in [5.74, 6) is -0.567. The Labute approximate surface area is 77.2 Å². The standard InChI is InChI=1S/C6H11ClNO3S/c1-8-6(9)2-4-12(10,11)5-3-7/h1-5H2,(H,8,9). The number of nitrogens with one attached hydrogen (secondary N) is 1. The fourth-order valence-corrected chi connectivity index (χ4v) is 2.20. The predicted molar refractivity (Wildman–Crippen MR) is 47.5 cm³/mol. The molecule has 0 heterocycles. The highest BCUT2D eigenvalue weighted by molar-refractivity contribution is 7.91. The first kappa shape index (κ1) is 11.7. The molecule has 0 unspecified atom stereocenters. The minimum Gasteiger partial charge on any atom is -0.354 e. The number of hydrogen-bond acceptors (Lipinski definition) is 3. The van der Waals surface area contributed by atoms with Crippen molar-refractivity contribution < 1.29 is 13.2 Å². The molecule has 0 saturated carbocycles. The maximum Gasteiger partial charge on any atom is 0.221 e. The van der Waals surface area contributed by atoms with Crippen LogP contribution in [0.4, 0.5) is 0 Å². The fraction of sp³-hybridized carbons (Fsp3) is 0.667. The van der Waals surface area contributed by atoms with Crippen LogP contribution in [0.3, 0.4) is 0 Å². The molecule has 0 spiro atoms. The lowest BCUT2D eigenvalue weighted by Gasteiger charge is -2.00. The molecule has 1 radical (unpaired) electrons. The second-order valence-electron chi connectivity index (χ2n) is 2.19. The van der Waals surface area contributed by atoms with Crippen molar-refractivity contribution in [2.75, 3.05) is 17.4 Å². The zero-order valence-electron chi connectivity index (χ0n) is 6.55. The largest absolute Gasteiger partial charge is 0.354 e. The van der Waals surface area contributed by atoms with Crippen molar-refractivity contribution in [3.05, 3.63) is 7.05 Å². The third-order valence-corrected chi connectivity index (χ3v) is 3.29. The number of halogens is 1. The van der Waals surface area contributed by atoms with Crippen LogP contribution in [0.25, 0.3) is 0 Å². The minimum atomic E-state index is -3.16. The van der Waals surface area contributed by atoms with Gasteiger partial charge in [-0.3, -0.25) is 4.79 Å². The average Bonchev–Trinajstić information content (AvgIpc) is 2.00. The zero-order valence-corrected chi connectivity index (χ0v) is 8.12. The summed E-state index contributed by atoms with van der Waals surface area (Å²) in [5, 5.41) is 2.09. The van der Waals surface area contributed by atoms with Crippen molar-refractivity contribution in [3.8, 4) is 0 Å². The van der Waals surface area contributed by atoms with Crippen LogP contribution in [-0.2, 0) is 14.6 Å². The van der Waals surface area contributed by atoms with Crippen LogP contribution < -0.4 is 5.32 Å². The van der Waals surface area contributed by atoms with Crippen LogP contribution in [0.1, 0.15) is 6.42 Å². The van der Waals surface area contributed by atoms with Gasteiger partial charge in [-0.15, -0.1) is 11.6 Å². The van der Waals surface area contributed by atoms with E-state index >= 15 is 0 Å². The van der Waals surface area contributed by atoms with Gasteiger partial charge in [0.25, 0.3) is 0 Å². The Morgan fingerprint density at radius 2 is 2.00 bits per heavy atom. The summed E-state index contributed by atoms with van der Waals surface area (Å²) >= 11 is 5.24. The Morgan fingerprint density at radius 1 is 1.42 bits per heavy atom. The third-order valence-electron chi connectivity index (χ3n) is 1.23. The number of hydrogen-bond donors (Lipinski definition) is 1. The zero-order chi connectivity index (χ0) is 9.61. The smallest absolute Gasteiger partial charge is 0.221 e. The Bertz CT molecular complexity index is 237. The number of alkyl halides is 1. The molecule has 0 saturated heterocycles. The lowest BCUT2D eigenvalue weighted by Crippen LogP contribution is -2.21. The van der Waals surface area contributed by atoms with Crippen LogP contribution in [0, 0.1) is 7.05 Å². The molecule has 71 valence electrons. The summed E-state index contributed by atoms with van der Waals surface area (Å²) in [6, 6.07) is 0. The summed E-state index contributed by atoms with van der Waals surface area (Å²) < 4.78 is 21.9. The monoisotopic (exact) mass is 212 g/mol. The van der Waals surface area contributed by atoms with Crippen LogP contribution in [-0.4, -0.2) is 31.7 Å². The van der Waals surface area contributed by atoms with E-state index in [0.717, 1.165) is 0 Å². The van der Waals surface area contributed by atoms with E-state index in [1.807, 2.05) is 0 Å². The maximum absolute atomic E-state index is 11.0. The maximum atomic E-state index is 11.0. The first-order valence-corrected chi connectivity index (χ1v) is 5.70. The molecular weight excluding hydrogens is 202 g/mol. The van der Waals surface area contributed by atoms with Gasteiger partial charge in [0.2, 0.25) is 5.91 Å². The summed E-state index contributed by atoms with van der Waals surface area (Å²) in [5.41, 5.74) is 0. The molecule has 6 heteroatoms. The Hall–Kier alpha value is -0.290. The molecule has 0 aliphatic heterocycles. The topological polar surface area (TPSA) is 63.2 Å². The lowest BCUT2D eigenvalue weighted by atomic mass is 10.5. The quantitative estimate of drug-likeness (QED) is 0.650. The van der Waals surface area contributed by atoms with Gasteiger partial charge in [-0.05, 0) is 0 Å². The van der Waals surface area contributed by atoms with Gasteiger partial charge in [0.05, 0.1) is 11.5 Å². The number of sulfone groups is 1. The number of carbonyl (C=O) groups is 1. The SMILES string of the molecule is [CH2]NC(=O)CCS(=O)(=O)CCCl. The first-order chi connectivity index (χ1) is 5.52. The highest BCUT2D eigenvalue weighted by Gasteiger charge is 2.11. The normalized spacial score (nSPS) is 11.2. The molecule has 0 aromatic heterocycles. The first-order valence-electron chi connectivity index (χ1n) is 3.34. The van der Waals surface area contributed by atoms with Crippen molar-refractivity contribution in [3.63, 3.8) is 0 Å². The van der Waals surface area contributed by atoms with Gasteiger partial charge >= 0.3 is 0 Å². The van der Waals surface area contributed by atoms with Crippen molar-refractivity contribution >= 4 is 27.3 Å². The van der Waals surface area contributed by atoms with E-state index in [2.05, 4.69) is 12.4 Å². The van der Waals surface area contributed by atoms with E-state index in [1.165, 1.54) is 0 Å². The van der Waals surface area contributed by atoms with Gasteiger partial charge in [0, 0.05) is 19.3 Å². The summed E-state index contributed by atoms with van der Waals surface area (Å²) in [6.45, 7) is 0. The van der Waals surface area contributed by atoms with Crippen molar-refractivity contribution in [2.45, 2.75) is 6.42 Å². The van der Waals surface area contributed by atoms with Crippen molar-refractivity contribution in [2.24, 2.45) is 0 Å². The molecular formula is C6H11ClNO3S. The summed E-state index contributed by atoms with van der Waals surface area (Å²) in [6.07, 6.45) is -0.0529.